The number of fused-ring (bicyclic) bond motifs is 1. The lowest BCUT2D eigenvalue weighted by molar-refractivity contribution is -0.0509. The molecule has 2 aromatic heterocycles. The van der Waals surface area contributed by atoms with E-state index in [1.807, 2.05) is 0 Å². The first-order valence-corrected chi connectivity index (χ1v) is 6.51. The van der Waals surface area contributed by atoms with Gasteiger partial charge in [-0.05, 0) is 5.56 Å². The first kappa shape index (κ1) is 14.2. The maximum Gasteiger partial charge on any atom is 0.164 e. The Hall–Kier alpha value is -1.78. The quantitative estimate of drug-likeness (QED) is 0.439. The van der Waals surface area contributed by atoms with Gasteiger partial charge >= 0.3 is 0 Å². The van der Waals surface area contributed by atoms with Crippen LogP contribution in [0.25, 0.3) is 11.0 Å². The molecule has 1 aliphatic heterocycles. The molecule has 3 rings (SSSR count). The molecule has 2 aromatic rings. The summed E-state index contributed by atoms with van der Waals surface area (Å²) in [6.07, 6.45) is -1.15. The summed E-state index contributed by atoms with van der Waals surface area (Å²) in [6.45, 7) is -0.176. The maximum atomic E-state index is 10.1. The van der Waals surface area contributed by atoms with Crippen LogP contribution in [0.3, 0.4) is 0 Å². The zero-order valence-electron chi connectivity index (χ0n) is 11.1. The molecule has 9 heteroatoms. The monoisotopic (exact) mass is 295 g/mol. The first-order valence-electron chi connectivity index (χ1n) is 6.51. The van der Waals surface area contributed by atoms with Crippen molar-refractivity contribution in [2.75, 3.05) is 12.3 Å². The summed E-state index contributed by atoms with van der Waals surface area (Å²) in [5.41, 5.74) is 12.7. The van der Waals surface area contributed by atoms with Gasteiger partial charge in [0.2, 0.25) is 0 Å². The molecule has 0 spiro atoms. The van der Waals surface area contributed by atoms with E-state index in [0.29, 0.717) is 16.6 Å². The van der Waals surface area contributed by atoms with Crippen LogP contribution in [0.1, 0.15) is 11.8 Å². The van der Waals surface area contributed by atoms with Gasteiger partial charge in [-0.1, -0.05) is 0 Å². The Morgan fingerprint density at radius 2 is 2.05 bits per heavy atom. The number of rotatable bonds is 3. The molecule has 0 radical (unpaired) electrons. The number of aliphatic hydroxyl groups is 3. The van der Waals surface area contributed by atoms with E-state index in [0.717, 1.165) is 0 Å². The summed E-state index contributed by atoms with van der Waals surface area (Å²) >= 11 is 0. The number of hydrogen-bond acceptors (Lipinski definition) is 8. The van der Waals surface area contributed by atoms with Gasteiger partial charge in [0.1, 0.15) is 36.1 Å². The minimum Gasteiger partial charge on any atom is -0.394 e. The lowest BCUT2D eigenvalue weighted by Gasteiger charge is -2.17. The van der Waals surface area contributed by atoms with Crippen LogP contribution in [0.15, 0.2) is 12.5 Å². The van der Waals surface area contributed by atoms with Gasteiger partial charge in [0, 0.05) is 12.7 Å². The molecule has 7 N–H and O–H groups in total. The highest BCUT2D eigenvalue weighted by molar-refractivity contribution is 5.89. The highest BCUT2D eigenvalue weighted by Crippen LogP contribution is 2.34. The van der Waals surface area contributed by atoms with Crippen molar-refractivity contribution >= 4 is 16.9 Å². The average Bonchev–Trinajstić information content (AvgIpc) is 2.99. The molecule has 21 heavy (non-hydrogen) atoms. The number of nitrogens with zero attached hydrogens (tertiary/aromatic N) is 3. The number of ether oxygens (including phenoxy) is 1. The Kier molecular flexibility index (Phi) is 3.51. The third kappa shape index (κ3) is 2.06. The first-order chi connectivity index (χ1) is 10.1. The van der Waals surface area contributed by atoms with E-state index in [1.165, 1.54) is 6.33 Å². The molecule has 0 amide bonds. The van der Waals surface area contributed by atoms with Gasteiger partial charge in [0.05, 0.1) is 12.0 Å². The predicted molar refractivity (Wildman–Crippen MR) is 72.8 cm³/mol. The summed E-state index contributed by atoms with van der Waals surface area (Å²) in [5, 5.41) is 29.7. The maximum absolute atomic E-state index is 10.1. The van der Waals surface area contributed by atoms with Crippen molar-refractivity contribution in [2.45, 2.75) is 31.1 Å². The Balaban J connectivity index is 2.11. The third-order valence-corrected chi connectivity index (χ3v) is 3.73. The van der Waals surface area contributed by atoms with Crippen molar-refractivity contribution in [3.8, 4) is 0 Å². The van der Waals surface area contributed by atoms with Crippen LogP contribution in [0.4, 0.5) is 5.82 Å². The zero-order valence-corrected chi connectivity index (χ0v) is 11.1. The molecular formula is C12H17N5O4. The number of anilines is 1. The van der Waals surface area contributed by atoms with Crippen LogP contribution in [-0.4, -0.2) is 54.8 Å². The van der Waals surface area contributed by atoms with Crippen molar-refractivity contribution in [1.29, 1.82) is 0 Å². The second kappa shape index (κ2) is 5.20. The molecule has 114 valence electrons. The highest BCUT2D eigenvalue weighted by atomic mass is 16.6. The lowest BCUT2D eigenvalue weighted by Crippen LogP contribution is -2.33. The van der Waals surface area contributed by atoms with Gasteiger partial charge in [0.25, 0.3) is 0 Å². The second-order valence-corrected chi connectivity index (χ2v) is 4.95. The molecule has 0 saturated carbocycles. The van der Waals surface area contributed by atoms with Crippen molar-refractivity contribution in [3.05, 3.63) is 18.1 Å². The van der Waals surface area contributed by atoms with Crippen LogP contribution in [0.2, 0.25) is 0 Å². The van der Waals surface area contributed by atoms with Gasteiger partial charge < -0.3 is 36.1 Å². The molecule has 3 heterocycles. The smallest absolute Gasteiger partial charge is 0.164 e. The Bertz CT molecular complexity index is 660. The van der Waals surface area contributed by atoms with Gasteiger partial charge in [-0.25, -0.2) is 9.97 Å². The summed E-state index contributed by atoms with van der Waals surface area (Å²) in [6, 6.07) is 0. The van der Waals surface area contributed by atoms with E-state index in [4.69, 9.17) is 21.3 Å². The standard InChI is InChI=1S/C12H17N5O4/c13-1-5-2-17(11-7(5)10(14)15-4-16-11)12-9(20)8(19)6(3-18)21-12/h2,4,6,8-9,12,18-20H,1,3,13H2,(H2,14,15,16). The molecule has 0 aliphatic carbocycles. The minimum atomic E-state index is -1.19. The third-order valence-electron chi connectivity index (χ3n) is 3.73. The molecule has 1 aliphatic rings. The lowest BCUT2D eigenvalue weighted by atomic mass is 10.1. The second-order valence-electron chi connectivity index (χ2n) is 4.95. The van der Waals surface area contributed by atoms with Crippen LogP contribution in [0, 0.1) is 0 Å². The van der Waals surface area contributed by atoms with Crippen molar-refractivity contribution in [2.24, 2.45) is 5.73 Å². The summed E-state index contributed by atoms with van der Waals surface area (Å²) in [5.74, 6) is 0.283. The molecule has 9 nitrogen and oxygen atoms in total. The molecular weight excluding hydrogens is 278 g/mol. The number of aromatic nitrogens is 3. The van der Waals surface area contributed by atoms with Gasteiger partial charge in [0.15, 0.2) is 6.23 Å². The van der Waals surface area contributed by atoms with Crippen LogP contribution in [0.5, 0.6) is 0 Å². The van der Waals surface area contributed by atoms with E-state index >= 15 is 0 Å². The van der Waals surface area contributed by atoms with E-state index in [1.54, 1.807) is 10.8 Å². The molecule has 4 unspecified atom stereocenters. The normalized spacial score (nSPS) is 29.3. The van der Waals surface area contributed by atoms with Crippen LogP contribution < -0.4 is 11.5 Å². The number of aliphatic hydroxyl groups excluding tert-OH is 3. The number of nitrogen functional groups attached to an aromatic ring is 1. The number of hydrogen-bond donors (Lipinski definition) is 5. The molecule has 1 fully saturated rings. The Morgan fingerprint density at radius 1 is 1.29 bits per heavy atom. The topological polar surface area (TPSA) is 153 Å². The zero-order chi connectivity index (χ0) is 15.1. The van der Waals surface area contributed by atoms with Crippen molar-refractivity contribution in [3.63, 3.8) is 0 Å². The van der Waals surface area contributed by atoms with Crippen molar-refractivity contribution in [1.82, 2.24) is 14.5 Å². The Morgan fingerprint density at radius 3 is 2.67 bits per heavy atom. The fraction of sp³-hybridized carbons (Fsp3) is 0.500. The molecule has 1 saturated heterocycles. The van der Waals surface area contributed by atoms with Crippen LogP contribution in [-0.2, 0) is 11.3 Å². The Labute approximate surface area is 119 Å². The van der Waals surface area contributed by atoms with Crippen LogP contribution >= 0.6 is 0 Å². The van der Waals surface area contributed by atoms with Gasteiger partial charge in [-0.2, -0.15) is 0 Å². The van der Waals surface area contributed by atoms with E-state index in [2.05, 4.69) is 9.97 Å². The largest absolute Gasteiger partial charge is 0.394 e. The van der Waals surface area contributed by atoms with E-state index in [-0.39, 0.29) is 12.4 Å². The minimum absolute atomic E-state index is 0.218. The summed E-state index contributed by atoms with van der Waals surface area (Å²) in [4.78, 5) is 8.07. The number of nitrogens with two attached hydrogens (primary N) is 2. The van der Waals surface area contributed by atoms with E-state index < -0.39 is 31.1 Å². The molecule has 4 atom stereocenters. The molecule has 0 aromatic carbocycles. The predicted octanol–water partition coefficient (Wildman–Crippen LogP) is -1.92. The summed E-state index contributed by atoms with van der Waals surface area (Å²) in [7, 11) is 0. The fourth-order valence-corrected chi connectivity index (χ4v) is 2.65. The van der Waals surface area contributed by atoms with Gasteiger partial charge in [-0.15, -0.1) is 0 Å². The van der Waals surface area contributed by atoms with Crippen molar-refractivity contribution < 1.29 is 20.1 Å². The SMILES string of the molecule is NCc1cn(C2OC(CO)C(O)C2O)c2ncnc(N)c12. The van der Waals surface area contributed by atoms with E-state index in [9.17, 15) is 10.2 Å². The fourth-order valence-electron chi connectivity index (χ4n) is 2.65. The average molecular weight is 295 g/mol. The molecule has 0 bridgehead atoms. The summed E-state index contributed by atoms with van der Waals surface area (Å²) < 4.78 is 7.05. The van der Waals surface area contributed by atoms with Gasteiger partial charge in [-0.3, -0.25) is 0 Å². The highest BCUT2D eigenvalue weighted by Gasteiger charge is 2.44.